The number of halogens is 3. The molecule has 1 aromatic rings. The van der Waals surface area contributed by atoms with E-state index in [-0.39, 0.29) is 29.8 Å². The summed E-state index contributed by atoms with van der Waals surface area (Å²) in [6.07, 6.45) is 5.67. The molecule has 2 N–H and O–H groups in total. The molecular weight excluding hydrogens is 437 g/mol. The second kappa shape index (κ2) is 11.6. The Bertz CT molecular complexity index is 548. The fourth-order valence-electron chi connectivity index (χ4n) is 3.15. The van der Waals surface area contributed by atoms with Crippen LogP contribution in [0.3, 0.4) is 0 Å². The van der Waals surface area contributed by atoms with E-state index in [1.54, 1.807) is 7.05 Å². The molecule has 1 fully saturated rings. The molecule has 1 aliphatic rings. The van der Waals surface area contributed by atoms with E-state index in [2.05, 4.69) is 27.6 Å². The second-order valence-electron chi connectivity index (χ2n) is 6.33. The zero-order valence-corrected chi connectivity index (χ0v) is 17.4. The first-order chi connectivity index (χ1) is 11.6. The number of nitrogens with one attached hydrogen (secondary N) is 2. The summed E-state index contributed by atoms with van der Waals surface area (Å²) in [6.45, 7) is 2.27. The van der Waals surface area contributed by atoms with Gasteiger partial charge in [0, 0.05) is 32.7 Å². The van der Waals surface area contributed by atoms with Gasteiger partial charge in [0.25, 0.3) is 0 Å². The monoisotopic (exact) mass is 466 g/mol. The highest BCUT2D eigenvalue weighted by Gasteiger charge is 2.18. The Kier molecular flexibility index (Phi) is 10.3. The van der Waals surface area contributed by atoms with Crippen molar-refractivity contribution >= 4 is 29.9 Å². The lowest BCUT2D eigenvalue weighted by Crippen LogP contribution is -2.43. The van der Waals surface area contributed by atoms with E-state index in [9.17, 15) is 8.78 Å². The molecular formula is C18H29F2IN4. The Hall–Kier alpha value is -0.960. The molecule has 0 unspecified atom stereocenters. The number of benzene rings is 1. The van der Waals surface area contributed by atoms with Crippen molar-refractivity contribution in [1.29, 1.82) is 0 Å². The van der Waals surface area contributed by atoms with Crippen LogP contribution in [0.4, 0.5) is 8.78 Å². The van der Waals surface area contributed by atoms with Gasteiger partial charge >= 0.3 is 0 Å². The van der Waals surface area contributed by atoms with Crippen molar-refractivity contribution in [1.82, 2.24) is 15.5 Å². The van der Waals surface area contributed by atoms with E-state index in [4.69, 9.17) is 0 Å². The summed E-state index contributed by atoms with van der Waals surface area (Å²) in [5, 5.41) is 6.40. The Morgan fingerprint density at radius 2 is 1.88 bits per heavy atom. The molecule has 142 valence electrons. The van der Waals surface area contributed by atoms with Crippen LogP contribution in [0.2, 0.25) is 0 Å². The van der Waals surface area contributed by atoms with Gasteiger partial charge in [0.1, 0.15) is 11.6 Å². The van der Waals surface area contributed by atoms with Crippen LogP contribution < -0.4 is 10.6 Å². The van der Waals surface area contributed by atoms with Crippen LogP contribution in [0.5, 0.6) is 0 Å². The molecule has 1 aromatic carbocycles. The van der Waals surface area contributed by atoms with Gasteiger partial charge in [0.15, 0.2) is 5.96 Å². The van der Waals surface area contributed by atoms with Crippen LogP contribution in [0.25, 0.3) is 0 Å². The Morgan fingerprint density at radius 1 is 1.20 bits per heavy atom. The first kappa shape index (κ1) is 22.1. The van der Waals surface area contributed by atoms with Gasteiger partial charge in [-0.1, -0.05) is 12.8 Å². The molecule has 1 aliphatic carbocycles. The normalized spacial score (nSPS) is 15.3. The lowest BCUT2D eigenvalue weighted by molar-refractivity contribution is 0.249. The molecule has 1 saturated carbocycles. The third kappa shape index (κ3) is 7.43. The summed E-state index contributed by atoms with van der Waals surface area (Å²) in [4.78, 5) is 6.56. The van der Waals surface area contributed by atoms with E-state index in [0.717, 1.165) is 25.2 Å². The van der Waals surface area contributed by atoms with Crippen molar-refractivity contribution in [3.05, 3.63) is 35.4 Å². The molecule has 0 aromatic heterocycles. The molecule has 7 heteroatoms. The van der Waals surface area contributed by atoms with Crippen LogP contribution in [0.15, 0.2) is 23.2 Å². The van der Waals surface area contributed by atoms with Gasteiger partial charge in [-0.25, -0.2) is 8.78 Å². The van der Waals surface area contributed by atoms with E-state index < -0.39 is 5.82 Å². The molecule has 0 atom stereocenters. The fourth-order valence-corrected chi connectivity index (χ4v) is 3.15. The molecule has 25 heavy (non-hydrogen) atoms. The highest BCUT2D eigenvalue weighted by molar-refractivity contribution is 14.0. The minimum absolute atomic E-state index is 0. The summed E-state index contributed by atoms with van der Waals surface area (Å²) in [5.74, 6) is -0.102. The van der Waals surface area contributed by atoms with Gasteiger partial charge in [-0.2, -0.15) is 0 Å². The van der Waals surface area contributed by atoms with Gasteiger partial charge in [-0.15, -0.1) is 24.0 Å². The van der Waals surface area contributed by atoms with Crippen molar-refractivity contribution in [2.45, 2.75) is 38.1 Å². The summed E-state index contributed by atoms with van der Waals surface area (Å²) in [7, 11) is 3.87. The van der Waals surface area contributed by atoms with Crippen molar-refractivity contribution in [3.8, 4) is 0 Å². The summed E-state index contributed by atoms with van der Waals surface area (Å²) >= 11 is 0. The largest absolute Gasteiger partial charge is 0.356 e. The number of likely N-dealkylation sites (N-methyl/N-ethyl adjacent to an activating group) is 1. The average molecular weight is 466 g/mol. The Labute approximate surface area is 166 Å². The van der Waals surface area contributed by atoms with E-state index >= 15 is 0 Å². The molecule has 0 heterocycles. The van der Waals surface area contributed by atoms with Gasteiger partial charge in [0.05, 0.1) is 0 Å². The van der Waals surface area contributed by atoms with Crippen molar-refractivity contribution in [3.63, 3.8) is 0 Å². The highest BCUT2D eigenvalue weighted by Crippen LogP contribution is 2.21. The second-order valence-corrected chi connectivity index (χ2v) is 6.33. The molecule has 2 rings (SSSR count). The first-order valence-electron chi connectivity index (χ1n) is 8.69. The first-order valence-corrected chi connectivity index (χ1v) is 8.69. The average Bonchev–Trinajstić information content (AvgIpc) is 3.11. The van der Waals surface area contributed by atoms with Gasteiger partial charge < -0.3 is 15.5 Å². The topological polar surface area (TPSA) is 39.7 Å². The number of rotatable bonds is 7. The summed E-state index contributed by atoms with van der Waals surface area (Å²) in [6, 6.07) is 4.24. The lowest BCUT2D eigenvalue weighted by Gasteiger charge is -2.24. The van der Waals surface area contributed by atoms with Crippen LogP contribution >= 0.6 is 24.0 Å². The third-order valence-corrected chi connectivity index (χ3v) is 4.62. The molecule has 0 spiro atoms. The Balaban J connectivity index is 0.00000312. The fraction of sp³-hybridized carbons (Fsp3) is 0.611. The number of guanidine groups is 1. The van der Waals surface area contributed by atoms with Gasteiger partial charge in [-0.05, 0) is 50.1 Å². The quantitative estimate of drug-likeness (QED) is 0.369. The maximum Gasteiger partial charge on any atom is 0.191 e. The predicted octanol–water partition coefficient (Wildman–Crippen LogP) is 3.16. The maximum atomic E-state index is 13.6. The third-order valence-electron chi connectivity index (χ3n) is 4.62. The molecule has 0 saturated heterocycles. The standard InChI is InChI=1S/C18H28F2N4.HI/c1-21-18(23-11-12-24(2)16-5-3-4-6-16)22-10-9-14-13-15(19)7-8-17(14)20;/h7-8,13,16H,3-6,9-12H2,1-2H3,(H2,21,22,23);1H. The molecule has 0 amide bonds. The molecule has 4 nitrogen and oxygen atoms in total. The minimum atomic E-state index is -0.413. The van der Waals surface area contributed by atoms with Crippen LogP contribution in [0, 0.1) is 11.6 Å². The number of hydrogen-bond acceptors (Lipinski definition) is 2. The van der Waals surface area contributed by atoms with E-state index in [1.807, 2.05) is 0 Å². The molecule has 0 radical (unpaired) electrons. The van der Waals surface area contributed by atoms with Gasteiger partial charge in [-0.3, -0.25) is 4.99 Å². The highest BCUT2D eigenvalue weighted by atomic mass is 127. The predicted molar refractivity (Wildman–Crippen MR) is 110 cm³/mol. The van der Waals surface area contributed by atoms with Crippen molar-refractivity contribution in [2.24, 2.45) is 4.99 Å². The molecule has 0 bridgehead atoms. The van der Waals surface area contributed by atoms with Crippen LogP contribution in [0.1, 0.15) is 31.2 Å². The number of hydrogen-bond donors (Lipinski definition) is 2. The number of nitrogens with zero attached hydrogens (tertiary/aromatic N) is 2. The Morgan fingerprint density at radius 3 is 2.56 bits per heavy atom. The zero-order chi connectivity index (χ0) is 17.4. The van der Waals surface area contributed by atoms with Crippen molar-refractivity contribution < 1.29 is 8.78 Å². The number of aliphatic imine (C=N–C) groups is 1. The minimum Gasteiger partial charge on any atom is -0.356 e. The summed E-state index contributed by atoms with van der Waals surface area (Å²) < 4.78 is 26.7. The smallest absolute Gasteiger partial charge is 0.191 e. The van der Waals surface area contributed by atoms with Crippen LogP contribution in [-0.2, 0) is 6.42 Å². The summed E-state index contributed by atoms with van der Waals surface area (Å²) in [5.41, 5.74) is 0.374. The lowest BCUT2D eigenvalue weighted by atomic mass is 10.1. The van der Waals surface area contributed by atoms with Crippen molar-refractivity contribution in [2.75, 3.05) is 33.7 Å². The maximum absolute atomic E-state index is 13.6. The van der Waals surface area contributed by atoms with E-state index in [1.165, 1.54) is 31.7 Å². The zero-order valence-electron chi connectivity index (χ0n) is 15.0. The molecule has 0 aliphatic heterocycles. The van der Waals surface area contributed by atoms with Gasteiger partial charge in [0.2, 0.25) is 0 Å². The van der Waals surface area contributed by atoms with Crippen LogP contribution in [-0.4, -0.2) is 50.6 Å². The SMILES string of the molecule is CN=C(NCCc1cc(F)ccc1F)NCCN(C)C1CCCC1.I. The van der Waals surface area contributed by atoms with E-state index in [0.29, 0.717) is 30.5 Å².